The van der Waals surface area contributed by atoms with Crippen molar-refractivity contribution in [3.05, 3.63) is 53.2 Å². The number of benzene rings is 1. The molecule has 1 saturated carbocycles. The SMILES string of the molecule is COc1cc(C)cc(C)c1-c1ccc2ccc(C3C[C@H]4C[C@@H]3N(C)C4)nc2n1. The van der Waals surface area contributed by atoms with E-state index >= 15 is 0 Å². The number of methoxy groups -OCH3 is 1. The third kappa shape index (κ3) is 2.78. The summed E-state index contributed by atoms with van der Waals surface area (Å²) in [6.45, 7) is 5.45. The maximum atomic E-state index is 5.66. The summed E-state index contributed by atoms with van der Waals surface area (Å²) in [5.74, 6) is 2.24. The second-order valence-electron chi connectivity index (χ2n) is 8.59. The van der Waals surface area contributed by atoms with Crippen LogP contribution in [0.15, 0.2) is 36.4 Å². The zero-order valence-electron chi connectivity index (χ0n) is 17.1. The number of aryl methyl sites for hydroxylation is 2. The van der Waals surface area contributed by atoms with Crippen LogP contribution in [-0.2, 0) is 0 Å². The number of likely N-dealkylation sites (N-methyl/N-ethyl adjacent to an activating group) is 1. The lowest BCUT2D eigenvalue weighted by Gasteiger charge is -2.29. The maximum absolute atomic E-state index is 5.66. The molecular weight excluding hydrogens is 346 g/mol. The van der Waals surface area contributed by atoms with Gasteiger partial charge in [0.15, 0.2) is 5.65 Å². The Bertz CT molecular complexity index is 1060. The van der Waals surface area contributed by atoms with Crippen molar-refractivity contribution in [1.29, 1.82) is 0 Å². The Kier molecular flexibility index (Phi) is 4.13. The fourth-order valence-corrected chi connectivity index (χ4v) is 5.39. The van der Waals surface area contributed by atoms with Crippen LogP contribution in [0, 0.1) is 19.8 Å². The predicted molar refractivity (Wildman–Crippen MR) is 113 cm³/mol. The lowest BCUT2D eigenvalue weighted by Crippen LogP contribution is -2.33. The minimum atomic E-state index is 0.536. The van der Waals surface area contributed by atoms with E-state index in [9.17, 15) is 0 Å². The van der Waals surface area contributed by atoms with Gasteiger partial charge in [-0.3, -0.25) is 0 Å². The summed E-state index contributed by atoms with van der Waals surface area (Å²) in [5.41, 5.74) is 6.39. The molecule has 1 unspecified atom stereocenters. The van der Waals surface area contributed by atoms with E-state index in [4.69, 9.17) is 14.7 Å². The van der Waals surface area contributed by atoms with Gasteiger partial charge in [-0.2, -0.15) is 0 Å². The standard InChI is InChI=1S/C24H27N3O/c1-14-9-15(2)23(22(10-14)28-4)20-8-6-17-5-7-19(25-24(17)26-20)18-11-16-12-21(18)27(3)13-16/h5-10,16,18,21H,11-13H2,1-4H3/t16-,18?,21-/m0/s1. The Hall–Kier alpha value is -2.46. The van der Waals surface area contributed by atoms with E-state index in [0.717, 1.165) is 34.0 Å². The van der Waals surface area contributed by atoms with E-state index in [2.05, 4.69) is 62.2 Å². The van der Waals surface area contributed by atoms with Gasteiger partial charge < -0.3 is 9.64 Å². The predicted octanol–water partition coefficient (Wildman–Crippen LogP) is 4.73. The van der Waals surface area contributed by atoms with Crippen LogP contribution in [0.1, 0.15) is 35.6 Å². The first kappa shape index (κ1) is 17.6. The average Bonchev–Trinajstić information content (AvgIpc) is 3.26. The van der Waals surface area contributed by atoms with Crippen LogP contribution < -0.4 is 4.74 Å². The second-order valence-corrected chi connectivity index (χ2v) is 8.59. The normalized spacial score (nSPS) is 24.2. The Balaban J connectivity index is 1.58. The zero-order chi connectivity index (χ0) is 19.4. The van der Waals surface area contributed by atoms with Crippen LogP contribution in [0.25, 0.3) is 22.3 Å². The van der Waals surface area contributed by atoms with Crippen LogP contribution in [0.2, 0.25) is 0 Å². The minimum Gasteiger partial charge on any atom is -0.496 e. The first-order chi connectivity index (χ1) is 13.5. The Morgan fingerprint density at radius 2 is 1.86 bits per heavy atom. The number of hydrogen-bond acceptors (Lipinski definition) is 4. The highest BCUT2D eigenvalue weighted by Gasteiger charge is 2.44. The number of hydrogen-bond donors (Lipinski definition) is 0. The first-order valence-electron chi connectivity index (χ1n) is 10.2. The van der Waals surface area contributed by atoms with Crippen LogP contribution >= 0.6 is 0 Å². The molecule has 3 aromatic rings. The van der Waals surface area contributed by atoms with Gasteiger partial charge >= 0.3 is 0 Å². The largest absolute Gasteiger partial charge is 0.496 e. The molecule has 2 bridgehead atoms. The molecular formula is C24H27N3O. The van der Waals surface area contributed by atoms with Crippen molar-refractivity contribution in [3.8, 4) is 17.0 Å². The smallest absolute Gasteiger partial charge is 0.160 e. The van der Waals surface area contributed by atoms with Gasteiger partial charge in [-0.05, 0) is 81.1 Å². The highest BCUT2D eigenvalue weighted by atomic mass is 16.5. The van der Waals surface area contributed by atoms with Crippen molar-refractivity contribution in [2.24, 2.45) is 5.92 Å². The average molecular weight is 374 g/mol. The van der Waals surface area contributed by atoms with E-state index < -0.39 is 0 Å². The van der Waals surface area contributed by atoms with Crippen molar-refractivity contribution < 1.29 is 4.74 Å². The van der Waals surface area contributed by atoms with Gasteiger partial charge in [0.25, 0.3) is 0 Å². The van der Waals surface area contributed by atoms with Crippen molar-refractivity contribution in [3.63, 3.8) is 0 Å². The second kappa shape index (κ2) is 6.56. The van der Waals surface area contributed by atoms with Gasteiger partial charge in [0.05, 0.1) is 12.8 Å². The van der Waals surface area contributed by atoms with Gasteiger partial charge in [0.1, 0.15) is 5.75 Å². The molecule has 1 aromatic carbocycles. The lowest BCUT2D eigenvalue weighted by atomic mass is 9.94. The zero-order valence-corrected chi connectivity index (χ0v) is 17.1. The molecule has 4 heteroatoms. The summed E-state index contributed by atoms with van der Waals surface area (Å²) in [5, 5.41) is 1.09. The van der Waals surface area contributed by atoms with Crippen molar-refractivity contribution in [1.82, 2.24) is 14.9 Å². The van der Waals surface area contributed by atoms with Crippen molar-refractivity contribution in [2.45, 2.75) is 38.6 Å². The molecule has 4 nitrogen and oxygen atoms in total. The van der Waals surface area contributed by atoms with Gasteiger partial charge in [0, 0.05) is 35.1 Å². The molecule has 5 rings (SSSR count). The molecule has 1 aliphatic heterocycles. The van der Waals surface area contributed by atoms with E-state index in [1.54, 1.807) is 7.11 Å². The molecule has 0 N–H and O–H groups in total. The molecule has 2 fully saturated rings. The summed E-state index contributed by atoms with van der Waals surface area (Å²) >= 11 is 0. The quantitative estimate of drug-likeness (QED) is 0.665. The van der Waals surface area contributed by atoms with Crippen LogP contribution in [-0.4, -0.2) is 41.6 Å². The number of nitrogens with zero attached hydrogens (tertiary/aromatic N) is 3. The third-order valence-corrected chi connectivity index (χ3v) is 6.61. The third-order valence-electron chi connectivity index (χ3n) is 6.61. The minimum absolute atomic E-state index is 0.536. The fourth-order valence-electron chi connectivity index (χ4n) is 5.39. The summed E-state index contributed by atoms with van der Waals surface area (Å²) in [7, 11) is 3.97. The molecule has 1 saturated heterocycles. The van der Waals surface area contributed by atoms with Gasteiger partial charge in [-0.1, -0.05) is 6.07 Å². The van der Waals surface area contributed by atoms with Gasteiger partial charge in [-0.25, -0.2) is 9.97 Å². The number of likely N-dealkylation sites (tertiary alicyclic amines) is 1. The highest BCUT2D eigenvalue weighted by molar-refractivity contribution is 5.81. The number of ether oxygens (including phenoxy) is 1. The molecule has 3 atom stereocenters. The van der Waals surface area contributed by atoms with Crippen LogP contribution in [0.5, 0.6) is 5.75 Å². The van der Waals surface area contributed by atoms with Crippen molar-refractivity contribution in [2.75, 3.05) is 20.7 Å². The Morgan fingerprint density at radius 1 is 1.04 bits per heavy atom. The Morgan fingerprint density at radius 3 is 2.61 bits per heavy atom. The molecule has 2 aromatic heterocycles. The molecule has 0 spiro atoms. The molecule has 1 aliphatic carbocycles. The van der Waals surface area contributed by atoms with E-state index in [-0.39, 0.29) is 0 Å². The first-order valence-corrected chi connectivity index (χ1v) is 10.2. The lowest BCUT2D eigenvalue weighted by molar-refractivity contribution is 0.232. The topological polar surface area (TPSA) is 38.2 Å². The monoisotopic (exact) mass is 373 g/mol. The molecule has 28 heavy (non-hydrogen) atoms. The highest BCUT2D eigenvalue weighted by Crippen LogP contribution is 2.46. The van der Waals surface area contributed by atoms with E-state index in [1.165, 1.54) is 36.2 Å². The molecule has 3 heterocycles. The molecule has 144 valence electrons. The number of pyridine rings is 2. The maximum Gasteiger partial charge on any atom is 0.160 e. The number of aromatic nitrogens is 2. The summed E-state index contributed by atoms with van der Waals surface area (Å²) in [6.07, 6.45) is 2.58. The molecule has 0 amide bonds. The fraction of sp³-hybridized carbons (Fsp3) is 0.417. The summed E-state index contributed by atoms with van der Waals surface area (Å²) < 4.78 is 5.66. The number of piperidine rings is 1. The Labute approximate surface area is 166 Å². The van der Waals surface area contributed by atoms with Gasteiger partial charge in [0.2, 0.25) is 0 Å². The number of fused-ring (bicyclic) bond motifs is 3. The molecule has 2 aliphatic rings. The molecule has 0 radical (unpaired) electrons. The number of rotatable bonds is 3. The van der Waals surface area contributed by atoms with Gasteiger partial charge in [-0.15, -0.1) is 0 Å². The van der Waals surface area contributed by atoms with Crippen LogP contribution in [0.4, 0.5) is 0 Å². The van der Waals surface area contributed by atoms with E-state index in [0.29, 0.717) is 12.0 Å². The summed E-state index contributed by atoms with van der Waals surface area (Å²) in [6, 6.07) is 13.5. The van der Waals surface area contributed by atoms with Crippen LogP contribution in [0.3, 0.4) is 0 Å². The van der Waals surface area contributed by atoms with Crippen molar-refractivity contribution >= 4 is 11.0 Å². The summed E-state index contributed by atoms with van der Waals surface area (Å²) in [4.78, 5) is 12.5. The van der Waals surface area contributed by atoms with E-state index in [1.807, 2.05) is 0 Å².